The van der Waals surface area contributed by atoms with E-state index in [0.717, 1.165) is 26.9 Å². The number of imidazole rings is 1. The van der Waals surface area contributed by atoms with Gasteiger partial charge >= 0.3 is 0 Å². The standard InChI is InChI=1S/C19H21BN4OS/c1-4-6-9-24-14-7-8-22-18(21)17(14)23-19(24)26-16-11-15(25-5-2)12(3)10-13(16)20/h1,7-8,10-11H,5-6,9,20H2,2-3H3,(H2,21,22). The van der Waals surface area contributed by atoms with E-state index in [1.165, 1.54) is 5.46 Å². The second-order valence-corrected chi connectivity index (χ2v) is 6.99. The molecule has 0 fully saturated rings. The van der Waals surface area contributed by atoms with Gasteiger partial charge in [-0.25, -0.2) is 9.97 Å². The molecule has 2 heterocycles. The molecule has 0 aliphatic heterocycles. The average molecular weight is 364 g/mol. The second-order valence-electron chi connectivity index (χ2n) is 5.98. The fourth-order valence-electron chi connectivity index (χ4n) is 2.85. The molecule has 3 rings (SSSR count). The normalized spacial score (nSPS) is 10.8. The highest BCUT2D eigenvalue weighted by Gasteiger charge is 2.16. The Labute approximate surface area is 158 Å². The van der Waals surface area contributed by atoms with Gasteiger partial charge in [0, 0.05) is 24.1 Å². The van der Waals surface area contributed by atoms with Crippen molar-refractivity contribution < 1.29 is 4.74 Å². The smallest absolute Gasteiger partial charge is 0.174 e. The van der Waals surface area contributed by atoms with Crippen molar-refractivity contribution >= 4 is 41.9 Å². The van der Waals surface area contributed by atoms with Gasteiger partial charge in [-0.3, -0.25) is 0 Å². The zero-order valence-corrected chi connectivity index (χ0v) is 16.1. The number of nitrogens with zero attached hydrogens (tertiary/aromatic N) is 3. The Morgan fingerprint density at radius 1 is 1.42 bits per heavy atom. The summed E-state index contributed by atoms with van der Waals surface area (Å²) in [5, 5.41) is 0.851. The Morgan fingerprint density at radius 2 is 2.23 bits per heavy atom. The van der Waals surface area contributed by atoms with Crippen LogP contribution in [0.25, 0.3) is 11.0 Å². The molecule has 26 heavy (non-hydrogen) atoms. The number of aromatic nitrogens is 3. The van der Waals surface area contributed by atoms with Crippen molar-refractivity contribution in [3.63, 3.8) is 0 Å². The lowest BCUT2D eigenvalue weighted by Crippen LogP contribution is -2.09. The number of benzene rings is 1. The zero-order valence-electron chi connectivity index (χ0n) is 15.2. The van der Waals surface area contributed by atoms with Gasteiger partial charge in [-0.15, -0.1) is 12.3 Å². The Balaban J connectivity index is 2.07. The first-order valence-electron chi connectivity index (χ1n) is 8.51. The van der Waals surface area contributed by atoms with Crippen LogP contribution in [0.3, 0.4) is 0 Å². The maximum atomic E-state index is 6.02. The van der Waals surface area contributed by atoms with Crippen LogP contribution in [0.2, 0.25) is 0 Å². The van der Waals surface area contributed by atoms with Crippen molar-refractivity contribution in [3.8, 4) is 18.1 Å². The minimum absolute atomic E-state index is 0.430. The Hall–Kier alpha value is -2.59. The molecule has 0 saturated carbocycles. The van der Waals surface area contributed by atoms with Gasteiger partial charge in [-0.2, -0.15) is 0 Å². The van der Waals surface area contributed by atoms with E-state index >= 15 is 0 Å². The molecule has 0 spiro atoms. The molecule has 132 valence electrons. The van der Waals surface area contributed by atoms with Crippen LogP contribution in [0.5, 0.6) is 5.75 Å². The molecule has 2 aromatic heterocycles. The van der Waals surface area contributed by atoms with Crippen molar-refractivity contribution in [3.05, 3.63) is 30.0 Å². The van der Waals surface area contributed by atoms with Crippen molar-refractivity contribution in [2.45, 2.75) is 36.9 Å². The molecule has 0 aliphatic rings. The van der Waals surface area contributed by atoms with E-state index in [0.29, 0.717) is 30.9 Å². The first kappa shape index (κ1) is 18.2. The number of hydrogen-bond donors (Lipinski definition) is 1. The summed E-state index contributed by atoms with van der Waals surface area (Å²) >= 11 is 1.59. The van der Waals surface area contributed by atoms with Crippen molar-refractivity contribution in [1.29, 1.82) is 0 Å². The SMILES string of the molecule is Bc1cc(C)c(OCC)cc1Sc1nc2c(N)nccc2n1CCC#C. The highest BCUT2D eigenvalue weighted by molar-refractivity contribution is 7.99. The van der Waals surface area contributed by atoms with E-state index < -0.39 is 0 Å². The summed E-state index contributed by atoms with van der Waals surface area (Å²) in [7, 11) is 2.09. The summed E-state index contributed by atoms with van der Waals surface area (Å²) in [5.74, 6) is 4.02. The molecule has 7 heteroatoms. The zero-order chi connectivity index (χ0) is 18.7. The molecule has 0 bridgehead atoms. The lowest BCUT2D eigenvalue weighted by molar-refractivity contribution is 0.337. The van der Waals surface area contributed by atoms with Crippen LogP contribution in [0.15, 0.2) is 34.4 Å². The Morgan fingerprint density at radius 3 is 2.96 bits per heavy atom. The number of hydrogen-bond acceptors (Lipinski definition) is 5. The Bertz CT molecular complexity index is 993. The van der Waals surface area contributed by atoms with E-state index in [1.807, 2.05) is 13.0 Å². The quantitative estimate of drug-likeness (QED) is 0.536. The van der Waals surface area contributed by atoms with Gasteiger partial charge in [0.25, 0.3) is 0 Å². The van der Waals surface area contributed by atoms with Gasteiger partial charge in [0.05, 0.1) is 12.1 Å². The molecule has 0 amide bonds. The van der Waals surface area contributed by atoms with Crippen LogP contribution in [-0.4, -0.2) is 29.0 Å². The molecule has 0 unspecified atom stereocenters. The van der Waals surface area contributed by atoms with E-state index in [1.54, 1.807) is 18.0 Å². The third-order valence-corrected chi connectivity index (χ3v) is 5.27. The molecule has 0 saturated heterocycles. The second kappa shape index (κ2) is 7.75. The largest absolute Gasteiger partial charge is 0.494 e. The van der Waals surface area contributed by atoms with Crippen LogP contribution in [0.4, 0.5) is 5.82 Å². The molecule has 0 aliphatic carbocycles. The van der Waals surface area contributed by atoms with E-state index in [2.05, 4.69) is 42.4 Å². The first-order chi connectivity index (χ1) is 12.5. The summed E-state index contributed by atoms with van der Waals surface area (Å²) in [5.41, 5.74) is 9.98. The fraction of sp³-hybridized carbons (Fsp3) is 0.263. The van der Waals surface area contributed by atoms with Gasteiger partial charge in [0.1, 0.15) is 19.1 Å². The van der Waals surface area contributed by atoms with E-state index in [9.17, 15) is 0 Å². The highest BCUT2D eigenvalue weighted by Crippen LogP contribution is 2.33. The number of fused-ring (bicyclic) bond motifs is 1. The number of terminal acetylenes is 1. The minimum atomic E-state index is 0.430. The molecular weight excluding hydrogens is 343 g/mol. The molecule has 0 radical (unpaired) electrons. The Kier molecular flexibility index (Phi) is 5.43. The van der Waals surface area contributed by atoms with Crippen LogP contribution in [0.1, 0.15) is 18.9 Å². The average Bonchev–Trinajstić information content (AvgIpc) is 2.96. The fourth-order valence-corrected chi connectivity index (χ4v) is 3.87. The van der Waals surface area contributed by atoms with Crippen molar-refractivity contribution in [2.24, 2.45) is 0 Å². The van der Waals surface area contributed by atoms with Gasteiger partial charge < -0.3 is 15.0 Å². The predicted octanol–water partition coefficient (Wildman–Crippen LogP) is 2.15. The summed E-state index contributed by atoms with van der Waals surface area (Å²) in [4.78, 5) is 9.98. The van der Waals surface area contributed by atoms with Crippen LogP contribution in [-0.2, 0) is 6.54 Å². The minimum Gasteiger partial charge on any atom is -0.494 e. The molecule has 0 atom stereocenters. The van der Waals surface area contributed by atoms with Crippen molar-refractivity contribution in [2.75, 3.05) is 12.3 Å². The number of nitrogens with two attached hydrogens (primary N) is 1. The summed E-state index contributed by atoms with van der Waals surface area (Å²) in [6, 6.07) is 6.13. The lowest BCUT2D eigenvalue weighted by atomic mass is 9.94. The molecular formula is C19H21BN4OS. The van der Waals surface area contributed by atoms with Gasteiger partial charge in [0.15, 0.2) is 11.0 Å². The van der Waals surface area contributed by atoms with Crippen molar-refractivity contribution in [1.82, 2.24) is 14.5 Å². The first-order valence-corrected chi connectivity index (χ1v) is 9.32. The summed E-state index contributed by atoms with van der Waals surface area (Å²) < 4.78 is 7.85. The van der Waals surface area contributed by atoms with Crippen LogP contribution < -0.4 is 15.9 Å². The molecule has 1 aromatic carbocycles. The number of rotatable bonds is 6. The predicted molar refractivity (Wildman–Crippen MR) is 110 cm³/mol. The van der Waals surface area contributed by atoms with E-state index in [4.69, 9.17) is 21.9 Å². The highest BCUT2D eigenvalue weighted by atomic mass is 32.2. The van der Waals surface area contributed by atoms with Crippen LogP contribution in [0, 0.1) is 19.3 Å². The number of pyridine rings is 1. The number of ether oxygens (including phenoxy) is 1. The van der Waals surface area contributed by atoms with Gasteiger partial charge in [-0.1, -0.05) is 23.3 Å². The molecule has 2 N–H and O–H groups in total. The van der Waals surface area contributed by atoms with E-state index in [-0.39, 0.29) is 0 Å². The third kappa shape index (κ3) is 3.51. The maximum Gasteiger partial charge on any atom is 0.174 e. The molecule has 5 nitrogen and oxygen atoms in total. The number of nitrogen functional groups attached to an aromatic ring is 1. The van der Waals surface area contributed by atoms with Gasteiger partial charge in [-0.05, 0) is 31.5 Å². The monoisotopic (exact) mass is 364 g/mol. The van der Waals surface area contributed by atoms with Crippen LogP contribution >= 0.6 is 11.8 Å². The summed E-state index contributed by atoms with van der Waals surface area (Å²) in [6.07, 6.45) is 7.79. The lowest BCUT2D eigenvalue weighted by Gasteiger charge is -2.13. The summed E-state index contributed by atoms with van der Waals surface area (Å²) in [6.45, 7) is 5.36. The topological polar surface area (TPSA) is 66.0 Å². The number of anilines is 1. The number of aryl methyl sites for hydroxylation is 2. The van der Waals surface area contributed by atoms with Gasteiger partial charge in [0.2, 0.25) is 0 Å². The molecule has 3 aromatic rings. The third-order valence-electron chi connectivity index (χ3n) is 4.11. The maximum absolute atomic E-state index is 6.02.